The minimum Gasteiger partial charge on any atom is -0.347 e. The van der Waals surface area contributed by atoms with Gasteiger partial charge < -0.3 is 4.90 Å². The molecule has 2 nitrogen and oxygen atoms in total. The molecule has 0 amide bonds. The number of nitrogens with zero attached hydrogens (tertiary/aromatic N) is 2. The summed E-state index contributed by atoms with van der Waals surface area (Å²) in [6.45, 7) is 0. The van der Waals surface area contributed by atoms with Crippen LogP contribution in [0.25, 0.3) is 0 Å². The molecule has 52 valence electrons. The quantitative estimate of drug-likeness (QED) is 0.366. The molecule has 0 spiro atoms. The lowest BCUT2D eigenvalue weighted by molar-refractivity contribution is 0.428. The summed E-state index contributed by atoms with van der Waals surface area (Å²) in [7, 11) is 1.88. The fourth-order valence-electron chi connectivity index (χ4n) is 0.471. The van der Waals surface area contributed by atoms with Crippen LogP contribution in [0, 0.1) is 0 Å². The van der Waals surface area contributed by atoms with Gasteiger partial charge in [-0.15, -0.1) is 24.0 Å². The maximum Gasteiger partial charge on any atom is 0.197 e. The van der Waals surface area contributed by atoms with Crippen LogP contribution in [0.15, 0.2) is 17.3 Å². The van der Waals surface area contributed by atoms with Gasteiger partial charge in [0.25, 0.3) is 0 Å². The zero-order valence-corrected chi connectivity index (χ0v) is 8.08. The second-order valence-corrected chi connectivity index (χ2v) is 2.01. The van der Waals surface area contributed by atoms with Crippen LogP contribution < -0.4 is 0 Å². The largest absolute Gasteiger partial charge is 0.347 e. The lowest BCUT2D eigenvalue weighted by Crippen LogP contribution is -2.21. The molecule has 0 aromatic rings. The number of aliphatic imine (C=N–C) groups is 1. The van der Waals surface area contributed by atoms with Crippen LogP contribution in [0.3, 0.4) is 0 Å². The van der Waals surface area contributed by atoms with E-state index < -0.39 is 0 Å². The average Bonchev–Trinajstić information content (AvgIpc) is 1.77. The summed E-state index contributed by atoms with van der Waals surface area (Å²) in [6.07, 6.45) is 5.42. The zero-order chi connectivity index (χ0) is 5.98. The van der Waals surface area contributed by atoms with Crippen LogP contribution >= 0.6 is 35.6 Å². The van der Waals surface area contributed by atoms with Gasteiger partial charge in [-0.25, -0.2) is 0 Å². The van der Waals surface area contributed by atoms with Crippen molar-refractivity contribution >= 4 is 41.8 Å². The highest BCUT2D eigenvalue weighted by molar-refractivity contribution is 14.0. The van der Waals surface area contributed by atoms with Crippen molar-refractivity contribution in [2.24, 2.45) is 4.99 Å². The van der Waals surface area contributed by atoms with Gasteiger partial charge in [-0.1, -0.05) is 11.6 Å². The summed E-state index contributed by atoms with van der Waals surface area (Å²) < 4.78 is 0. The molecular weight excluding hydrogens is 250 g/mol. The van der Waals surface area contributed by atoms with E-state index >= 15 is 0 Å². The molecule has 0 saturated heterocycles. The summed E-state index contributed by atoms with van der Waals surface area (Å²) in [6, 6.07) is 0. The Bertz CT molecular complexity index is 119. The molecule has 0 aliphatic carbocycles. The Morgan fingerprint density at radius 1 is 1.67 bits per heavy atom. The molecule has 0 aromatic heterocycles. The first kappa shape index (κ1) is 9.23. The fourth-order valence-corrected chi connectivity index (χ4v) is 0.601. The first-order valence-electron chi connectivity index (χ1n) is 2.36. The SMILES string of the molecule is CN1C=CC=NC1Cl.I. The van der Waals surface area contributed by atoms with Gasteiger partial charge in [-0.3, -0.25) is 4.99 Å². The molecule has 0 radical (unpaired) electrons. The Balaban J connectivity index is 0.000000640. The minimum absolute atomic E-state index is 0. The highest BCUT2D eigenvalue weighted by Gasteiger charge is 2.04. The molecule has 0 fully saturated rings. The lowest BCUT2D eigenvalue weighted by Gasteiger charge is -2.18. The second-order valence-electron chi connectivity index (χ2n) is 1.62. The van der Waals surface area contributed by atoms with E-state index in [2.05, 4.69) is 4.99 Å². The molecule has 0 N–H and O–H groups in total. The summed E-state index contributed by atoms with van der Waals surface area (Å²) in [4.78, 5) is 5.71. The van der Waals surface area contributed by atoms with E-state index in [1.807, 2.05) is 24.2 Å². The standard InChI is InChI=1S/C5H7ClN2.HI/c1-8-4-2-3-7-5(8)6;/h2-5H,1H3;1H. The van der Waals surface area contributed by atoms with Gasteiger partial charge >= 0.3 is 0 Å². The van der Waals surface area contributed by atoms with Gasteiger partial charge in [-0.05, 0) is 6.08 Å². The van der Waals surface area contributed by atoms with E-state index in [9.17, 15) is 0 Å². The van der Waals surface area contributed by atoms with Gasteiger partial charge in [0.1, 0.15) is 0 Å². The summed E-state index contributed by atoms with van der Waals surface area (Å²) in [5.41, 5.74) is -0.208. The first-order valence-corrected chi connectivity index (χ1v) is 2.80. The Labute approximate surface area is 76.6 Å². The minimum atomic E-state index is -0.208. The van der Waals surface area contributed by atoms with E-state index in [1.54, 1.807) is 6.21 Å². The third kappa shape index (κ3) is 2.53. The number of hydrogen-bond donors (Lipinski definition) is 0. The van der Waals surface area contributed by atoms with Crippen LogP contribution in [-0.2, 0) is 0 Å². The summed E-state index contributed by atoms with van der Waals surface area (Å²) >= 11 is 5.64. The van der Waals surface area contributed by atoms with Gasteiger partial charge in [0.2, 0.25) is 0 Å². The van der Waals surface area contributed by atoms with Crippen molar-refractivity contribution in [1.82, 2.24) is 4.90 Å². The van der Waals surface area contributed by atoms with Crippen molar-refractivity contribution in [2.45, 2.75) is 5.62 Å². The molecule has 1 heterocycles. The van der Waals surface area contributed by atoms with Crippen molar-refractivity contribution in [1.29, 1.82) is 0 Å². The molecule has 1 aliphatic rings. The van der Waals surface area contributed by atoms with Crippen LogP contribution in [-0.4, -0.2) is 23.8 Å². The van der Waals surface area contributed by atoms with Gasteiger partial charge in [0, 0.05) is 19.5 Å². The average molecular weight is 258 g/mol. The molecule has 1 rings (SSSR count). The van der Waals surface area contributed by atoms with Crippen LogP contribution in [0.1, 0.15) is 0 Å². The second kappa shape index (κ2) is 4.11. The first-order chi connectivity index (χ1) is 3.80. The van der Waals surface area contributed by atoms with E-state index in [0.29, 0.717) is 0 Å². The third-order valence-corrected chi connectivity index (χ3v) is 1.37. The molecule has 1 atom stereocenters. The van der Waals surface area contributed by atoms with Crippen LogP contribution in [0.5, 0.6) is 0 Å². The molecule has 0 bridgehead atoms. The van der Waals surface area contributed by atoms with Crippen molar-refractivity contribution in [3.05, 3.63) is 12.3 Å². The van der Waals surface area contributed by atoms with E-state index in [1.165, 1.54) is 0 Å². The Hall–Kier alpha value is 0.230. The highest BCUT2D eigenvalue weighted by Crippen LogP contribution is 2.05. The number of allylic oxidation sites excluding steroid dienone is 1. The molecule has 1 unspecified atom stereocenters. The third-order valence-electron chi connectivity index (χ3n) is 0.952. The van der Waals surface area contributed by atoms with Crippen LogP contribution in [0.4, 0.5) is 0 Å². The van der Waals surface area contributed by atoms with E-state index in [0.717, 1.165) is 0 Å². The normalized spacial score (nSPS) is 23.8. The van der Waals surface area contributed by atoms with Gasteiger partial charge in [0.15, 0.2) is 5.62 Å². The zero-order valence-electron chi connectivity index (χ0n) is 4.99. The monoisotopic (exact) mass is 258 g/mol. The molecule has 0 saturated carbocycles. The Morgan fingerprint density at radius 2 is 2.33 bits per heavy atom. The summed E-state index contributed by atoms with van der Waals surface area (Å²) in [5.74, 6) is 0. The van der Waals surface area contributed by atoms with Crippen molar-refractivity contribution in [3.63, 3.8) is 0 Å². The lowest BCUT2D eigenvalue weighted by atomic mass is 10.6. The maximum absolute atomic E-state index is 5.64. The Morgan fingerprint density at radius 3 is 2.67 bits per heavy atom. The smallest absolute Gasteiger partial charge is 0.197 e. The molecular formula is C5H8ClIN2. The van der Waals surface area contributed by atoms with Crippen LogP contribution in [0.2, 0.25) is 0 Å². The number of alkyl halides is 1. The number of halogens is 2. The van der Waals surface area contributed by atoms with E-state index in [-0.39, 0.29) is 29.6 Å². The maximum atomic E-state index is 5.64. The predicted octanol–water partition coefficient (Wildman–Crippen LogP) is 1.66. The number of rotatable bonds is 0. The topological polar surface area (TPSA) is 15.6 Å². The Kier molecular flexibility index (Phi) is 4.22. The van der Waals surface area contributed by atoms with Crippen molar-refractivity contribution in [3.8, 4) is 0 Å². The predicted molar refractivity (Wildman–Crippen MR) is 50.5 cm³/mol. The molecule has 9 heavy (non-hydrogen) atoms. The molecule has 4 heteroatoms. The van der Waals surface area contributed by atoms with Gasteiger partial charge in [0.05, 0.1) is 0 Å². The van der Waals surface area contributed by atoms with Crippen molar-refractivity contribution < 1.29 is 0 Å². The fraction of sp³-hybridized carbons (Fsp3) is 0.400. The molecule has 0 aromatic carbocycles. The van der Waals surface area contributed by atoms with E-state index in [4.69, 9.17) is 11.6 Å². The number of hydrogen-bond acceptors (Lipinski definition) is 2. The highest BCUT2D eigenvalue weighted by atomic mass is 127. The van der Waals surface area contributed by atoms with Crippen molar-refractivity contribution in [2.75, 3.05) is 7.05 Å². The molecule has 1 aliphatic heterocycles. The van der Waals surface area contributed by atoms with Gasteiger partial charge in [-0.2, -0.15) is 0 Å². The summed E-state index contributed by atoms with van der Waals surface area (Å²) in [5, 5.41) is 0.